The van der Waals surface area contributed by atoms with Crippen molar-refractivity contribution >= 4 is 17.3 Å². The van der Waals surface area contributed by atoms with Crippen molar-refractivity contribution in [2.24, 2.45) is 0 Å². The Kier molecular flexibility index (Phi) is 5.77. The van der Waals surface area contributed by atoms with Crippen LogP contribution in [0.4, 0.5) is 0 Å². The second-order valence-electron chi connectivity index (χ2n) is 4.35. The van der Waals surface area contributed by atoms with Gasteiger partial charge in [-0.3, -0.25) is 4.79 Å². The summed E-state index contributed by atoms with van der Waals surface area (Å²) >= 11 is 1.42. The number of carbonyl (C=O) groups is 1. The Balaban J connectivity index is 2.24. The van der Waals surface area contributed by atoms with Crippen LogP contribution in [0.3, 0.4) is 0 Å². The van der Waals surface area contributed by atoms with E-state index in [2.05, 4.69) is 4.98 Å². The lowest BCUT2D eigenvalue weighted by Gasteiger charge is -2.11. The number of rotatable bonds is 7. The molecule has 0 radical (unpaired) electrons. The molecular weight excluding hydrogens is 302 g/mol. The highest BCUT2D eigenvalue weighted by Gasteiger charge is 2.12. The van der Waals surface area contributed by atoms with Crippen LogP contribution in [0.15, 0.2) is 23.6 Å². The molecule has 5 nitrogen and oxygen atoms in total. The van der Waals surface area contributed by atoms with Gasteiger partial charge in [-0.1, -0.05) is 6.92 Å². The largest absolute Gasteiger partial charge is 0.490 e. The zero-order chi connectivity index (χ0) is 15.9. The molecular formula is C16H19NO4S. The number of aromatic nitrogens is 1. The molecule has 1 heterocycles. The molecule has 0 unspecified atom stereocenters. The molecule has 0 aliphatic carbocycles. The number of esters is 1. The van der Waals surface area contributed by atoms with Gasteiger partial charge in [0, 0.05) is 12.0 Å². The van der Waals surface area contributed by atoms with E-state index in [-0.39, 0.29) is 5.97 Å². The highest BCUT2D eigenvalue weighted by Crippen LogP contribution is 2.35. The number of carbonyl (C=O) groups excluding carboxylic acids is 1. The van der Waals surface area contributed by atoms with E-state index in [4.69, 9.17) is 14.2 Å². The molecule has 118 valence electrons. The SMILES string of the molecule is CCOc1ccc(-c2nc(OC(=O)CC)cs2)cc1OCC. The Morgan fingerprint density at radius 1 is 1.14 bits per heavy atom. The highest BCUT2D eigenvalue weighted by molar-refractivity contribution is 7.13. The summed E-state index contributed by atoms with van der Waals surface area (Å²) in [5.74, 6) is 1.43. The molecule has 1 aromatic heterocycles. The van der Waals surface area contributed by atoms with E-state index >= 15 is 0 Å². The summed E-state index contributed by atoms with van der Waals surface area (Å²) in [5, 5.41) is 2.49. The fourth-order valence-electron chi connectivity index (χ4n) is 1.81. The Labute approximate surface area is 133 Å². The zero-order valence-electron chi connectivity index (χ0n) is 12.9. The summed E-state index contributed by atoms with van der Waals surface area (Å²) in [4.78, 5) is 15.6. The third-order valence-corrected chi connectivity index (χ3v) is 3.65. The predicted octanol–water partition coefficient (Wildman–Crippen LogP) is 3.92. The second kappa shape index (κ2) is 7.79. The van der Waals surface area contributed by atoms with Crippen molar-refractivity contribution in [3.05, 3.63) is 23.6 Å². The summed E-state index contributed by atoms with van der Waals surface area (Å²) in [6.07, 6.45) is 0.324. The lowest BCUT2D eigenvalue weighted by molar-refractivity contribution is -0.134. The maximum absolute atomic E-state index is 11.3. The summed E-state index contributed by atoms with van der Waals surface area (Å²) in [5.41, 5.74) is 0.899. The normalized spacial score (nSPS) is 10.3. The third-order valence-electron chi connectivity index (χ3n) is 2.78. The van der Waals surface area contributed by atoms with E-state index in [1.165, 1.54) is 11.3 Å². The molecule has 0 amide bonds. The van der Waals surface area contributed by atoms with Crippen LogP contribution in [-0.4, -0.2) is 24.2 Å². The molecule has 0 saturated heterocycles. The number of ether oxygens (including phenoxy) is 3. The van der Waals surface area contributed by atoms with E-state index in [0.717, 1.165) is 10.6 Å². The predicted molar refractivity (Wildman–Crippen MR) is 85.8 cm³/mol. The topological polar surface area (TPSA) is 57.7 Å². The standard InChI is InChI=1S/C16H19NO4S/c1-4-15(18)21-14-10-22-16(17-14)11-7-8-12(19-5-2)13(9-11)20-6-3/h7-10H,4-6H2,1-3H3. The van der Waals surface area contributed by atoms with Crippen LogP contribution >= 0.6 is 11.3 Å². The van der Waals surface area contributed by atoms with Crippen molar-refractivity contribution in [3.8, 4) is 28.0 Å². The first-order chi connectivity index (χ1) is 10.7. The van der Waals surface area contributed by atoms with Gasteiger partial charge in [0.2, 0.25) is 5.88 Å². The van der Waals surface area contributed by atoms with E-state index in [1.54, 1.807) is 12.3 Å². The zero-order valence-corrected chi connectivity index (χ0v) is 13.7. The molecule has 2 rings (SSSR count). The fraction of sp³-hybridized carbons (Fsp3) is 0.375. The van der Waals surface area contributed by atoms with Gasteiger partial charge >= 0.3 is 5.97 Å². The van der Waals surface area contributed by atoms with Crippen LogP contribution in [0.1, 0.15) is 27.2 Å². The summed E-state index contributed by atoms with van der Waals surface area (Å²) < 4.78 is 16.3. The van der Waals surface area contributed by atoms with E-state index in [9.17, 15) is 4.79 Å². The molecule has 6 heteroatoms. The van der Waals surface area contributed by atoms with Crippen LogP contribution in [0.5, 0.6) is 17.4 Å². The maximum Gasteiger partial charge on any atom is 0.312 e. The summed E-state index contributed by atoms with van der Waals surface area (Å²) in [6.45, 7) is 6.73. The minimum absolute atomic E-state index is 0.293. The molecule has 2 aromatic rings. The molecule has 0 saturated carbocycles. The number of hydrogen-bond acceptors (Lipinski definition) is 6. The Morgan fingerprint density at radius 2 is 1.86 bits per heavy atom. The van der Waals surface area contributed by atoms with Crippen molar-refractivity contribution in [1.82, 2.24) is 4.98 Å². The molecule has 0 fully saturated rings. The van der Waals surface area contributed by atoms with Crippen molar-refractivity contribution < 1.29 is 19.0 Å². The number of thiazole rings is 1. The summed E-state index contributed by atoms with van der Waals surface area (Å²) in [7, 11) is 0. The van der Waals surface area contributed by atoms with Gasteiger partial charge in [-0.15, -0.1) is 11.3 Å². The van der Waals surface area contributed by atoms with Crippen LogP contribution in [-0.2, 0) is 4.79 Å². The van der Waals surface area contributed by atoms with Gasteiger partial charge in [-0.05, 0) is 32.0 Å². The maximum atomic E-state index is 11.3. The van der Waals surface area contributed by atoms with Crippen LogP contribution in [0, 0.1) is 0 Å². The first-order valence-electron chi connectivity index (χ1n) is 7.24. The van der Waals surface area contributed by atoms with Gasteiger partial charge in [0.15, 0.2) is 11.5 Å². The monoisotopic (exact) mass is 321 g/mol. The fourth-order valence-corrected chi connectivity index (χ4v) is 2.53. The molecule has 22 heavy (non-hydrogen) atoms. The van der Waals surface area contributed by atoms with Gasteiger partial charge in [-0.25, -0.2) is 4.98 Å². The molecule has 0 aliphatic rings. The van der Waals surface area contributed by atoms with Gasteiger partial charge in [0.25, 0.3) is 0 Å². The summed E-state index contributed by atoms with van der Waals surface area (Å²) in [6, 6.07) is 5.67. The van der Waals surface area contributed by atoms with Gasteiger partial charge < -0.3 is 14.2 Å². The molecule has 1 aromatic carbocycles. The van der Waals surface area contributed by atoms with E-state index in [0.29, 0.717) is 37.0 Å². The lowest BCUT2D eigenvalue weighted by atomic mass is 10.2. The number of nitrogens with zero attached hydrogens (tertiary/aromatic N) is 1. The van der Waals surface area contributed by atoms with Gasteiger partial charge in [0.1, 0.15) is 5.01 Å². The van der Waals surface area contributed by atoms with Gasteiger partial charge in [-0.2, -0.15) is 0 Å². The van der Waals surface area contributed by atoms with Crippen molar-refractivity contribution in [3.63, 3.8) is 0 Å². The Morgan fingerprint density at radius 3 is 2.55 bits per heavy atom. The highest BCUT2D eigenvalue weighted by atomic mass is 32.1. The molecule has 0 N–H and O–H groups in total. The molecule has 0 spiro atoms. The van der Waals surface area contributed by atoms with Crippen molar-refractivity contribution in [1.29, 1.82) is 0 Å². The lowest BCUT2D eigenvalue weighted by Crippen LogP contribution is -2.05. The minimum atomic E-state index is -0.293. The Hall–Kier alpha value is -2.08. The van der Waals surface area contributed by atoms with Crippen molar-refractivity contribution in [2.75, 3.05) is 13.2 Å². The number of hydrogen-bond donors (Lipinski definition) is 0. The average Bonchev–Trinajstić information content (AvgIpc) is 2.98. The average molecular weight is 321 g/mol. The van der Waals surface area contributed by atoms with Crippen LogP contribution < -0.4 is 14.2 Å². The quantitative estimate of drug-likeness (QED) is 0.723. The first-order valence-corrected chi connectivity index (χ1v) is 8.12. The van der Waals surface area contributed by atoms with Crippen LogP contribution in [0.2, 0.25) is 0 Å². The van der Waals surface area contributed by atoms with Gasteiger partial charge in [0.05, 0.1) is 18.6 Å². The van der Waals surface area contributed by atoms with Crippen LogP contribution in [0.25, 0.3) is 10.6 Å². The first kappa shape index (κ1) is 16.3. The van der Waals surface area contributed by atoms with Crippen molar-refractivity contribution in [2.45, 2.75) is 27.2 Å². The second-order valence-corrected chi connectivity index (χ2v) is 5.20. The molecule has 0 aliphatic heterocycles. The Bertz CT molecular complexity index is 639. The molecule has 0 bridgehead atoms. The third kappa shape index (κ3) is 3.98. The molecule has 0 atom stereocenters. The number of benzene rings is 1. The minimum Gasteiger partial charge on any atom is -0.490 e. The smallest absolute Gasteiger partial charge is 0.312 e. The van der Waals surface area contributed by atoms with E-state index < -0.39 is 0 Å². The van der Waals surface area contributed by atoms with E-state index in [1.807, 2.05) is 32.0 Å².